The molecule has 29 heavy (non-hydrogen) atoms. The van der Waals surface area contributed by atoms with Crippen LogP contribution in [0, 0.1) is 6.92 Å². The molecule has 0 bridgehead atoms. The second-order valence-corrected chi connectivity index (χ2v) is 8.00. The van der Waals surface area contributed by atoms with Gasteiger partial charge in [0.05, 0.1) is 6.20 Å². The number of benzene rings is 2. The molecule has 3 aromatic rings. The summed E-state index contributed by atoms with van der Waals surface area (Å²) in [5, 5.41) is 16.9. The van der Waals surface area contributed by atoms with Crippen molar-refractivity contribution in [2.24, 2.45) is 0 Å². The lowest BCUT2D eigenvalue weighted by Gasteiger charge is -2.13. The van der Waals surface area contributed by atoms with Gasteiger partial charge in [0, 0.05) is 35.5 Å². The highest BCUT2D eigenvalue weighted by Crippen LogP contribution is 2.30. The molecule has 2 aromatic carbocycles. The summed E-state index contributed by atoms with van der Waals surface area (Å²) in [5.74, 6) is 0.804. The molecule has 1 saturated carbocycles. The Kier molecular flexibility index (Phi) is 5.45. The van der Waals surface area contributed by atoms with Crippen molar-refractivity contribution in [3.63, 3.8) is 0 Å². The summed E-state index contributed by atoms with van der Waals surface area (Å²) in [4.78, 5) is 14.6. The van der Waals surface area contributed by atoms with Crippen molar-refractivity contribution >= 4 is 22.5 Å². The van der Waals surface area contributed by atoms with E-state index in [1.54, 1.807) is 6.20 Å². The molecule has 4 rings (SSSR count). The first-order valence-electron chi connectivity index (χ1n) is 10.1. The third-order valence-corrected chi connectivity index (χ3v) is 5.24. The number of anilines is 1. The lowest BCUT2D eigenvalue weighted by molar-refractivity contribution is 0.0951. The molecule has 0 aliphatic heterocycles. The van der Waals surface area contributed by atoms with Crippen LogP contribution in [-0.4, -0.2) is 54.2 Å². The number of aryl methyl sites for hydroxylation is 1. The summed E-state index contributed by atoms with van der Waals surface area (Å²) in [6.07, 6.45) is 3.96. The van der Waals surface area contributed by atoms with E-state index in [9.17, 15) is 4.79 Å². The number of fused-ring (bicyclic) bond motifs is 1. The highest BCUT2D eigenvalue weighted by Gasteiger charge is 2.24. The Hall–Kier alpha value is -2.99. The molecule has 1 aliphatic carbocycles. The van der Waals surface area contributed by atoms with Crippen LogP contribution in [0.25, 0.3) is 21.9 Å². The third-order valence-electron chi connectivity index (χ3n) is 5.24. The van der Waals surface area contributed by atoms with Gasteiger partial charge in [-0.3, -0.25) is 4.79 Å². The summed E-state index contributed by atoms with van der Waals surface area (Å²) in [6, 6.07) is 12.5. The van der Waals surface area contributed by atoms with Gasteiger partial charge < -0.3 is 15.5 Å². The number of aromatic nitrogens is 2. The Morgan fingerprint density at radius 3 is 2.76 bits per heavy atom. The molecule has 0 spiro atoms. The SMILES string of the molecule is Cc1ccc(C(=O)NC2CC2)cc1-c1ccc2c(NCCN(C)C)nncc2c1. The highest BCUT2D eigenvalue weighted by molar-refractivity contribution is 5.97. The number of hydrogen-bond acceptors (Lipinski definition) is 5. The number of hydrogen-bond donors (Lipinski definition) is 2. The van der Waals surface area contributed by atoms with E-state index in [0.717, 1.165) is 59.2 Å². The van der Waals surface area contributed by atoms with E-state index >= 15 is 0 Å². The number of amides is 1. The fourth-order valence-electron chi connectivity index (χ4n) is 3.35. The third kappa shape index (κ3) is 4.54. The van der Waals surface area contributed by atoms with E-state index in [-0.39, 0.29) is 5.91 Å². The molecule has 0 atom stereocenters. The number of carbonyl (C=O) groups is 1. The molecule has 2 N–H and O–H groups in total. The molecule has 0 radical (unpaired) electrons. The summed E-state index contributed by atoms with van der Waals surface area (Å²) >= 11 is 0. The van der Waals surface area contributed by atoms with Gasteiger partial charge in [-0.2, -0.15) is 5.10 Å². The fourth-order valence-corrected chi connectivity index (χ4v) is 3.35. The summed E-state index contributed by atoms with van der Waals surface area (Å²) in [7, 11) is 4.09. The average Bonchev–Trinajstić information content (AvgIpc) is 3.51. The highest BCUT2D eigenvalue weighted by atomic mass is 16.1. The molecule has 6 nitrogen and oxygen atoms in total. The van der Waals surface area contributed by atoms with Crippen LogP contribution < -0.4 is 10.6 Å². The van der Waals surface area contributed by atoms with Gasteiger partial charge in [-0.15, -0.1) is 5.10 Å². The van der Waals surface area contributed by atoms with Crippen LogP contribution in [0.5, 0.6) is 0 Å². The van der Waals surface area contributed by atoms with Gasteiger partial charge in [0.25, 0.3) is 5.91 Å². The lowest BCUT2D eigenvalue weighted by atomic mass is 9.96. The van der Waals surface area contributed by atoms with Crippen LogP contribution in [0.15, 0.2) is 42.6 Å². The summed E-state index contributed by atoms with van der Waals surface area (Å²) < 4.78 is 0. The smallest absolute Gasteiger partial charge is 0.251 e. The minimum absolute atomic E-state index is 0.00721. The van der Waals surface area contributed by atoms with Gasteiger partial charge in [-0.25, -0.2) is 0 Å². The minimum atomic E-state index is 0.00721. The summed E-state index contributed by atoms with van der Waals surface area (Å²) in [5.41, 5.74) is 3.98. The van der Waals surface area contributed by atoms with Crippen LogP contribution in [0.1, 0.15) is 28.8 Å². The molecule has 0 saturated heterocycles. The van der Waals surface area contributed by atoms with E-state index in [1.165, 1.54) is 0 Å². The van der Waals surface area contributed by atoms with Gasteiger partial charge in [0.1, 0.15) is 0 Å². The Bertz CT molecular complexity index is 1040. The Labute approximate surface area is 171 Å². The van der Waals surface area contributed by atoms with Gasteiger partial charge in [-0.1, -0.05) is 12.1 Å². The molecular weight excluding hydrogens is 362 g/mol. The number of likely N-dealkylation sites (N-methyl/N-ethyl adjacent to an activating group) is 1. The van der Waals surface area contributed by atoms with Gasteiger partial charge in [-0.05, 0) is 74.8 Å². The zero-order chi connectivity index (χ0) is 20.4. The quantitative estimate of drug-likeness (QED) is 0.647. The molecule has 1 aliphatic rings. The molecule has 0 unspecified atom stereocenters. The van der Waals surface area contributed by atoms with Gasteiger partial charge >= 0.3 is 0 Å². The van der Waals surface area contributed by atoms with Gasteiger partial charge in [0.15, 0.2) is 5.82 Å². The van der Waals surface area contributed by atoms with Crippen molar-refractivity contribution in [2.75, 3.05) is 32.5 Å². The molecule has 6 heteroatoms. The monoisotopic (exact) mass is 389 g/mol. The van der Waals surface area contributed by atoms with Crippen molar-refractivity contribution in [1.82, 2.24) is 20.4 Å². The zero-order valence-corrected chi connectivity index (χ0v) is 17.2. The normalized spacial score (nSPS) is 13.7. The second kappa shape index (κ2) is 8.17. The van der Waals surface area contributed by atoms with E-state index in [4.69, 9.17) is 0 Å². The number of rotatable bonds is 7. The van der Waals surface area contributed by atoms with Crippen molar-refractivity contribution in [1.29, 1.82) is 0 Å². The van der Waals surface area contributed by atoms with E-state index in [1.807, 2.05) is 32.3 Å². The van der Waals surface area contributed by atoms with Crippen LogP contribution >= 0.6 is 0 Å². The van der Waals surface area contributed by atoms with Crippen LogP contribution in [-0.2, 0) is 0 Å². The first-order valence-corrected chi connectivity index (χ1v) is 10.1. The zero-order valence-electron chi connectivity index (χ0n) is 17.2. The maximum atomic E-state index is 12.5. The molecule has 1 amide bonds. The Balaban J connectivity index is 1.63. The van der Waals surface area contributed by atoms with Gasteiger partial charge in [0.2, 0.25) is 0 Å². The van der Waals surface area contributed by atoms with E-state index < -0.39 is 0 Å². The molecule has 1 heterocycles. The molecule has 150 valence electrons. The minimum Gasteiger partial charge on any atom is -0.367 e. The van der Waals surface area contributed by atoms with Crippen molar-refractivity contribution in [2.45, 2.75) is 25.8 Å². The van der Waals surface area contributed by atoms with E-state index in [0.29, 0.717) is 11.6 Å². The summed E-state index contributed by atoms with van der Waals surface area (Å²) in [6.45, 7) is 3.80. The van der Waals surface area contributed by atoms with Crippen molar-refractivity contribution in [3.05, 3.63) is 53.7 Å². The predicted molar refractivity (Wildman–Crippen MR) is 117 cm³/mol. The average molecular weight is 390 g/mol. The van der Waals surface area contributed by atoms with Crippen molar-refractivity contribution < 1.29 is 4.79 Å². The topological polar surface area (TPSA) is 70.2 Å². The Morgan fingerprint density at radius 1 is 1.17 bits per heavy atom. The second-order valence-electron chi connectivity index (χ2n) is 8.00. The largest absolute Gasteiger partial charge is 0.367 e. The number of nitrogens with one attached hydrogen (secondary N) is 2. The van der Waals surface area contributed by atoms with E-state index in [2.05, 4.69) is 50.9 Å². The molecule has 1 aromatic heterocycles. The number of nitrogens with zero attached hydrogens (tertiary/aromatic N) is 3. The predicted octanol–water partition coefficient (Wildman–Crippen LogP) is 3.47. The molecular formula is C23H27N5O. The lowest BCUT2D eigenvalue weighted by Crippen LogP contribution is -2.25. The van der Waals surface area contributed by atoms with Crippen LogP contribution in [0.2, 0.25) is 0 Å². The molecule has 1 fully saturated rings. The van der Waals surface area contributed by atoms with Crippen LogP contribution in [0.4, 0.5) is 5.82 Å². The van der Waals surface area contributed by atoms with Crippen LogP contribution in [0.3, 0.4) is 0 Å². The maximum Gasteiger partial charge on any atom is 0.251 e. The standard InChI is InChI=1S/C23H27N5O/c1-15-4-5-17(23(29)26-19-7-8-19)13-21(15)16-6-9-20-18(12-16)14-25-27-22(20)24-10-11-28(2)3/h4-6,9,12-14,19H,7-8,10-11H2,1-3H3,(H,24,27)(H,26,29). The number of carbonyl (C=O) groups excluding carboxylic acids is 1. The first-order chi connectivity index (χ1) is 14.0. The fraction of sp³-hybridized carbons (Fsp3) is 0.348. The van der Waals surface area contributed by atoms with Crippen molar-refractivity contribution in [3.8, 4) is 11.1 Å². The first kappa shape index (κ1) is 19.3. The maximum absolute atomic E-state index is 12.5. The Morgan fingerprint density at radius 2 is 2.00 bits per heavy atom.